The van der Waals surface area contributed by atoms with Crippen molar-refractivity contribution in [3.8, 4) is 11.5 Å². The summed E-state index contributed by atoms with van der Waals surface area (Å²) in [6.45, 7) is 0.817. The lowest BCUT2D eigenvalue weighted by Crippen LogP contribution is -2.37. The molecule has 4 aromatic rings. The van der Waals surface area contributed by atoms with E-state index >= 15 is 0 Å². The number of aliphatic hydroxyl groups is 1. The Hall–Kier alpha value is -3.47. The van der Waals surface area contributed by atoms with E-state index in [2.05, 4.69) is 29.2 Å². The summed E-state index contributed by atoms with van der Waals surface area (Å²) in [6, 6.07) is 29.5. The summed E-state index contributed by atoms with van der Waals surface area (Å²) in [5.41, 5.74) is 3.62. The van der Waals surface area contributed by atoms with Gasteiger partial charge in [-0.15, -0.1) is 0 Å². The molecule has 4 nitrogen and oxygen atoms in total. The van der Waals surface area contributed by atoms with Crippen molar-refractivity contribution in [3.63, 3.8) is 0 Å². The van der Waals surface area contributed by atoms with E-state index in [1.807, 2.05) is 54.6 Å². The number of hydrogen-bond acceptors (Lipinski definition) is 4. The number of fused-ring (bicyclic) bond motifs is 2. The maximum atomic E-state index is 12.3. The Morgan fingerprint density at radius 1 is 0.882 bits per heavy atom. The number of phenols is 1. The van der Waals surface area contributed by atoms with Gasteiger partial charge < -0.3 is 19.8 Å². The van der Waals surface area contributed by atoms with Crippen LogP contribution in [-0.4, -0.2) is 23.4 Å². The Morgan fingerprint density at radius 3 is 2.24 bits per heavy atom. The summed E-state index contributed by atoms with van der Waals surface area (Å²) in [6.07, 6.45) is 0.744. The smallest absolute Gasteiger partial charge is 0.139 e. The largest absolute Gasteiger partial charge is 0.507 e. The van der Waals surface area contributed by atoms with Crippen molar-refractivity contribution in [2.45, 2.75) is 18.1 Å². The third kappa shape index (κ3) is 3.25. The summed E-state index contributed by atoms with van der Waals surface area (Å²) in [5.74, 6) is 0.678. The van der Waals surface area contributed by atoms with Gasteiger partial charge in [0.2, 0.25) is 0 Å². The normalized spacial score (nSPS) is 18.6. The number of phenolic OH excluding ortho intramolecular Hbond substituents is 1. The number of aromatic hydroxyl groups is 1. The molecule has 170 valence electrons. The van der Waals surface area contributed by atoms with Gasteiger partial charge in [0.1, 0.15) is 17.1 Å². The minimum Gasteiger partial charge on any atom is -0.507 e. The zero-order valence-corrected chi connectivity index (χ0v) is 19.2. The molecule has 0 radical (unpaired) electrons. The molecule has 2 heterocycles. The monoisotopic (exact) mass is 469 g/mol. The van der Waals surface area contributed by atoms with Crippen LogP contribution in [0.3, 0.4) is 0 Å². The summed E-state index contributed by atoms with van der Waals surface area (Å²) in [7, 11) is 0. The Kier molecular flexibility index (Phi) is 5.01. The number of halogens is 1. The maximum absolute atomic E-state index is 12.3. The van der Waals surface area contributed by atoms with Crippen LogP contribution in [0.1, 0.15) is 33.9 Å². The minimum absolute atomic E-state index is 0.00634. The average molecular weight is 470 g/mol. The van der Waals surface area contributed by atoms with Crippen LogP contribution >= 0.6 is 11.6 Å². The van der Waals surface area contributed by atoms with Crippen LogP contribution in [0.15, 0.2) is 91.0 Å². The van der Waals surface area contributed by atoms with E-state index in [0.717, 1.165) is 28.8 Å². The van der Waals surface area contributed by atoms with Crippen LogP contribution in [0.25, 0.3) is 0 Å². The molecule has 2 N–H and O–H groups in total. The molecular formula is C29H24ClNO3. The summed E-state index contributed by atoms with van der Waals surface area (Å²) < 4.78 is 5.62. The Balaban J connectivity index is 1.55. The number of benzene rings is 4. The molecular weight excluding hydrogens is 446 g/mol. The van der Waals surface area contributed by atoms with Crippen molar-refractivity contribution < 1.29 is 14.9 Å². The molecule has 1 unspecified atom stereocenters. The second-order valence-corrected chi connectivity index (χ2v) is 9.33. The summed E-state index contributed by atoms with van der Waals surface area (Å²) in [4.78, 5) is 2.19. The predicted octanol–water partition coefficient (Wildman–Crippen LogP) is 5.83. The van der Waals surface area contributed by atoms with Crippen molar-refractivity contribution in [1.29, 1.82) is 0 Å². The molecule has 0 aliphatic carbocycles. The van der Waals surface area contributed by atoms with E-state index in [1.54, 1.807) is 12.1 Å². The SMILES string of the molecule is Oc1cc2c(cc1C1(O)CN(C(c3ccccc3)c3ccccc3)c3cccc(Cl)c31)CCO2. The number of anilines is 1. The first kappa shape index (κ1) is 21.1. The standard InChI is InChI=1S/C29H24ClNO3/c30-23-12-7-13-24-27(23)29(33,22-16-21-14-15-34-26(21)17-25(22)32)18-31(24)28(19-8-3-1-4-9-19)20-10-5-2-6-11-20/h1-13,16-17,28,32-33H,14-15,18H2. The molecule has 0 aromatic heterocycles. The lowest BCUT2D eigenvalue weighted by molar-refractivity contribution is 0.0941. The first-order valence-electron chi connectivity index (χ1n) is 11.4. The molecule has 2 aliphatic heterocycles. The third-order valence-corrected chi connectivity index (χ3v) is 7.22. The predicted molar refractivity (Wildman–Crippen MR) is 134 cm³/mol. The zero-order valence-electron chi connectivity index (χ0n) is 18.5. The van der Waals surface area contributed by atoms with Gasteiger partial charge in [0.25, 0.3) is 0 Å². The van der Waals surface area contributed by atoms with Crippen LogP contribution < -0.4 is 9.64 Å². The number of hydrogen-bond donors (Lipinski definition) is 2. The number of rotatable bonds is 4. The van der Waals surface area contributed by atoms with E-state index in [9.17, 15) is 10.2 Å². The van der Waals surface area contributed by atoms with Gasteiger partial charge in [-0.05, 0) is 34.9 Å². The zero-order chi connectivity index (χ0) is 23.3. The topological polar surface area (TPSA) is 52.9 Å². The average Bonchev–Trinajstić information content (AvgIpc) is 3.43. The number of β-amino-alcohol motifs (C(OH)–C–C–N with tert-alkyl or cyclic N) is 1. The Morgan fingerprint density at radius 2 is 1.56 bits per heavy atom. The number of nitrogens with zero attached hydrogens (tertiary/aromatic N) is 1. The van der Waals surface area contributed by atoms with Gasteiger partial charge in [-0.3, -0.25) is 0 Å². The van der Waals surface area contributed by atoms with Crippen molar-refractivity contribution in [3.05, 3.63) is 124 Å². The van der Waals surface area contributed by atoms with E-state index in [-0.39, 0.29) is 18.3 Å². The van der Waals surface area contributed by atoms with Crippen molar-refractivity contribution in [2.75, 3.05) is 18.1 Å². The van der Waals surface area contributed by atoms with Crippen LogP contribution in [0.5, 0.6) is 11.5 Å². The van der Waals surface area contributed by atoms with Crippen LogP contribution in [0, 0.1) is 0 Å². The van der Waals surface area contributed by atoms with Crippen LogP contribution in [-0.2, 0) is 12.0 Å². The molecule has 4 aromatic carbocycles. The highest BCUT2D eigenvalue weighted by Gasteiger charge is 2.48. The van der Waals surface area contributed by atoms with Gasteiger partial charge in [-0.1, -0.05) is 78.3 Å². The molecule has 0 spiro atoms. The molecule has 0 bridgehead atoms. The Bertz CT molecular complexity index is 1320. The quantitative estimate of drug-likeness (QED) is 0.395. The highest BCUT2D eigenvalue weighted by molar-refractivity contribution is 6.32. The van der Waals surface area contributed by atoms with Gasteiger partial charge in [0, 0.05) is 34.3 Å². The lowest BCUT2D eigenvalue weighted by Gasteiger charge is -2.33. The first-order chi connectivity index (χ1) is 16.6. The number of ether oxygens (including phenoxy) is 1. The minimum atomic E-state index is -1.49. The van der Waals surface area contributed by atoms with Crippen molar-refractivity contribution >= 4 is 17.3 Å². The molecule has 5 heteroatoms. The van der Waals surface area contributed by atoms with E-state index < -0.39 is 5.60 Å². The fourth-order valence-electron chi connectivity index (χ4n) is 5.39. The lowest BCUT2D eigenvalue weighted by atomic mass is 9.86. The van der Waals surface area contributed by atoms with E-state index in [1.165, 1.54) is 0 Å². The molecule has 0 saturated heterocycles. The highest BCUT2D eigenvalue weighted by Crippen LogP contribution is 2.53. The molecule has 0 amide bonds. The maximum Gasteiger partial charge on any atom is 0.139 e. The molecule has 2 aliphatic rings. The molecule has 1 atom stereocenters. The fourth-order valence-corrected chi connectivity index (χ4v) is 5.72. The van der Waals surface area contributed by atoms with Crippen molar-refractivity contribution in [1.82, 2.24) is 0 Å². The van der Waals surface area contributed by atoms with E-state index in [0.29, 0.717) is 28.5 Å². The fraction of sp³-hybridized carbons (Fsp3) is 0.172. The molecule has 0 fully saturated rings. The van der Waals surface area contributed by atoms with Crippen LogP contribution in [0.2, 0.25) is 5.02 Å². The Labute approximate surface area is 203 Å². The van der Waals surface area contributed by atoms with Gasteiger partial charge >= 0.3 is 0 Å². The molecule has 34 heavy (non-hydrogen) atoms. The summed E-state index contributed by atoms with van der Waals surface area (Å²) >= 11 is 6.74. The highest BCUT2D eigenvalue weighted by atomic mass is 35.5. The van der Waals surface area contributed by atoms with Gasteiger partial charge in [0.05, 0.1) is 19.2 Å². The first-order valence-corrected chi connectivity index (χ1v) is 11.8. The third-order valence-electron chi connectivity index (χ3n) is 6.91. The van der Waals surface area contributed by atoms with E-state index in [4.69, 9.17) is 16.3 Å². The second-order valence-electron chi connectivity index (χ2n) is 8.92. The second kappa shape index (κ2) is 8.08. The molecule has 0 saturated carbocycles. The van der Waals surface area contributed by atoms with Gasteiger partial charge in [-0.25, -0.2) is 0 Å². The molecule has 6 rings (SSSR count). The van der Waals surface area contributed by atoms with Gasteiger partial charge in [-0.2, -0.15) is 0 Å². The van der Waals surface area contributed by atoms with Gasteiger partial charge in [0.15, 0.2) is 0 Å². The van der Waals surface area contributed by atoms with Crippen molar-refractivity contribution in [2.24, 2.45) is 0 Å². The summed E-state index contributed by atoms with van der Waals surface area (Å²) in [5, 5.41) is 23.7. The van der Waals surface area contributed by atoms with Crippen LogP contribution in [0.4, 0.5) is 5.69 Å².